The molecular formula is C14H15NO. The molecule has 82 valence electrons. The van der Waals surface area contributed by atoms with Gasteiger partial charge in [0, 0.05) is 18.3 Å². The second-order valence-electron chi connectivity index (χ2n) is 3.71. The molecule has 0 saturated heterocycles. The smallest absolute Gasteiger partial charge is 0.117 e. The molecule has 2 heteroatoms. The van der Waals surface area contributed by atoms with Gasteiger partial charge in [-0.15, -0.1) is 0 Å². The van der Waals surface area contributed by atoms with Gasteiger partial charge in [0.1, 0.15) is 5.75 Å². The molecular weight excluding hydrogens is 198 g/mol. The van der Waals surface area contributed by atoms with Gasteiger partial charge in [-0.05, 0) is 24.1 Å². The van der Waals surface area contributed by atoms with Crippen LogP contribution < -0.4 is 5.32 Å². The van der Waals surface area contributed by atoms with E-state index in [0.717, 1.165) is 18.7 Å². The SMILES string of the molecule is Oc1cccc(NCCc2ccccc2)c1. The number of anilines is 1. The Morgan fingerprint density at radius 1 is 0.938 bits per heavy atom. The van der Waals surface area contributed by atoms with Crippen molar-refractivity contribution >= 4 is 5.69 Å². The van der Waals surface area contributed by atoms with Gasteiger partial charge in [-0.25, -0.2) is 0 Å². The highest BCUT2D eigenvalue weighted by molar-refractivity contribution is 5.47. The second-order valence-corrected chi connectivity index (χ2v) is 3.71. The van der Waals surface area contributed by atoms with Crippen molar-refractivity contribution in [3.8, 4) is 5.75 Å². The molecule has 2 aromatic carbocycles. The van der Waals surface area contributed by atoms with E-state index in [4.69, 9.17) is 0 Å². The summed E-state index contributed by atoms with van der Waals surface area (Å²) in [5.41, 5.74) is 2.27. The maximum absolute atomic E-state index is 9.29. The molecule has 2 N–H and O–H groups in total. The van der Waals surface area contributed by atoms with Crippen molar-refractivity contribution < 1.29 is 5.11 Å². The molecule has 0 fully saturated rings. The van der Waals surface area contributed by atoms with Crippen molar-refractivity contribution in [2.24, 2.45) is 0 Å². The number of rotatable bonds is 4. The molecule has 0 radical (unpaired) electrons. The number of hydrogen-bond acceptors (Lipinski definition) is 2. The fourth-order valence-corrected chi connectivity index (χ4v) is 1.61. The standard InChI is InChI=1S/C14H15NO/c16-14-8-4-7-13(11-14)15-10-9-12-5-2-1-3-6-12/h1-8,11,15-16H,9-10H2. The van der Waals surface area contributed by atoms with Crippen LogP contribution in [0.25, 0.3) is 0 Å². The lowest BCUT2D eigenvalue weighted by molar-refractivity contribution is 0.475. The summed E-state index contributed by atoms with van der Waals surface area (Å²) in [5, 5.41) is 12.6. The van der Waals surface area contributed by atoms with E-state index < -0.39 is 0 Å². The van der Waals surface area contributed by atoms with Crippen molar-refractivity contribution in [1.29, 1.82) is 0 Å². The molecule has 2 nitrogen and oxygen atoms in total. The Bertz CT molecular complexity index is 439. The van der Waals surface area contributed by atoms with Crippen molar-refractivity contribution in [2.75, 3.05) is 11.9 Å². The van der Waals surface area contributed by atoms with Crippen LogP contribution in [0.1, 0.15) is 5.56 Å². The van der Waals surface area contributed by atoms with E-state index >= 15 is 0 Å². The van der Waals surface area contributed by atoms with Crippen molar-refractivity contribution in [3.63, 3.8) is 0 Å². The maximum Gasteiger partial charge on any atom is 0.117 e. The quantitative estimate of drug-likeness (QED) is 0.818. The summed E-state index contributed by atoms with van der Waals surface area (Å²) >= 11 is 0. The summed E-state index contributed by atoms with van der Waals surface area (Å²) in [7, 11) is 0. The van der Waals surface area contributed by atoms with Crippen LogP contribution in [0.4, 0.5) is 5.69 Å². The summed E-state index contributed by atoms with van der Waals surface area (Å²) in [6, 6.07) is 17.5. The van der Waals surface area contributed by atoms with Gasteiger partial charge in [0.15, 0.2) is 0 Å². The minimum Gasteiger partial charge on any atom is -0.508 e. The predicted molar refractivity (Wildman–Crippen MR) is 66.7 cm³/mol. The number of hydrogen-bond donors (Lipinski definition) is 2. The molecule has 0 aliphatic rings. The highest BCUT2D eigenvalue weighted by Gasteiger charge is 1.94. The molecule has 0 spiro atoms. The molecule has 0 heterocycles. The summed E-state index contributed by atoms with van der Waals surface area (Å²) in [6.07, 6.45) is 0.983. The molecule has 0 atom stereocenters. The average Bonchev–Trinajstić information content (AvgIpc) is 2.30. The number of benzene rings is 2. The molecule has 0 aromatic heterocycles. The monoisotopic (exact) mass is 213 g/mol. The highest BCUT2D eigenvalue weighted by atomic mass is 16.3. The zero-order chi connectivity index (χ0) is 11.2. The van der Waals surface area contributed by atoms with Gasteiger partial charge in [-0.1, -0.05) is 36.4 Å². The minimum atomic E-state index is 0.296. The zero-order valence-corrected chi connectivity index (χ0v) is 9.06. The summed E-state index contributed by atoms with van der Waals surface area (Å²) < 4.78 is 0. The Kier molecular flexibility index (Phi) is 3.44. The molecule has 0 unspecified atom stereocenters. The van der Waals surface area contributed by atoms with Gasteiger partial charge in [-0.3, -0.25) is 0 Å². The van der Waals surface area contributed by atoms with Crippen molar-refractivity contribution in [1.82, 2.24) is 0 Å². The first-order chi connectivity index (χ1) is 7.84. The third kappa shape index (κ3) is 3.02. The Hall–Kier alpha value is -1.96. The van der Waals surface area contributed by atoms with Crippen LogP contribution in [-0.2, 0) is 6.42 Å². The Morgan fingerprint density at radius 2 is 1.75 bits per heavy atom. The van der Waals surface area contributed by atoms with Gasteiger partial charge in [0.2, 0.25) is 0 Å². The first-order valence-electron chi connectivity index (χ1n) is 5.41. The van der Waals surface area contributed by atoms with Crippen LogP contribution >= 0.6 is 0 Å². The van der Waals surface area contributed by atoms with Crippen molar-refractivity contribution in [3.05, 3.63) is 60.2 Å². The molecule has 16 heavy (non-hydrogen) atoms. The van der Waals surface area contributed by atoms with Crippen LogP contribution in [0.15, 0.2) is 54.6 Å². The number of aromatic hydroxyl groups is 1. The topological polar surface area (TPSA) is 32.3 Å². The molecule has 0 aliphatic carbocycles. The lowest BCUT2D eigenvalue weighted by atomic mass is 10.1. The van der Waals surface area contributed by atoms with Gasteiger partial charge in [-0.2, -0.15) is 0 Å². The van der Waals surface area contributed by atoms with Gasteiger partial charge < -0.3 is 10.4 Å². The summed E-state index contributed by atoms with van der Waals surface area (Å²) in [5.74, 6) is 0.296. The number of phenols is 1. The van der Waals surface area contributed by atoms with E-state index in [0.29, 0.717) is 5.75 Å². The van der Waals surface area contributed by atoms with Crippen LogP contribution in [-0.4, -0.2) is 11.7 Å². The third-order valence-electron chi connectivity index (χ3n) is 2.43. The van der Waals surface area contributed by atoms with Gasteiger partial charge in [0.25, 0.3) is 0 Å². The first-order valence-corrected chi connectivity index (χ1v) is 5.41. The summed E-state index contributed by atoms with van der Waals surface area (Å²) in [6.45, 7) is 0.869. The molecule has 2 aromatic rings. The summed E-state index contributed by atoms with van der Waals surface area (Å²) in [4.78, 5) is 0. The molecule has 0 bridgehead atoms. The van der Waals surface area contributed by atoms with Crippen LogP contribution in [0.2, 0.25) is 0 Å². The normalized spacial score (nSPS) is 10.0. The minimum absolute atomic E-state index is 0.296. The Balaban J connectivity index is 1.85. The lowest BCUT2D eigenvalue weighted by Crippen LogP contribution is -2.04. The molecule has 0 saturated carbocycles. The van der Waals surface area contributed by atoms with Crippen LogP contribution in [0.3, 0.4) is 0 Å². The zero-order valence-electron chi connectivity index (χ0n) is 9.06. The van der Waals surface area contributed by atoms with E-state index in [9.17, 15) is 5.11 Å². The fourth-order valence-electron chi connectivity index (χ4n) is 1.61. The Labute approximate surface area is 95.6 Å². The van der Waals surface area contributed by atoms with E-state index in [1.54, 1.807) is 12.1 Å². The third-order valence-corrected chi connectivity index (χ3v) is 2.43. The van der Waals surface area contributed by atoms with E-state index in [-0.39, 0.29) is 0 Å². The van der Waals surface area contributed by atoms with Gasteiger partial charge >= 0.3 is 0 Å². The Morgan fingerprint density at radius 3 is 2.50 bits per heavy atom. The molecule has 0 aliphatic heterocycles. The van der Waals surface area contributed by atoms with E-state index in [2.05, 4.69) is 17.4 Å². The predicted octanol–water partition coefficient (Wildman–Crippen LogP) is 3.05. The largest absolute Gasteiger partial charge is 0.508 e. The average molecular weight is 213 g/mol. The van der Waals surface area contributed by atoms with Crippen LogP contribution in [0.5, 0.6) is 5.75 Å². The fraction of sp³-hybridized carbons (Fsp3) is 0.143. The number of nitrogens with one attached hydrogen (secondary N) is 1. The van der Waals surface area contributed by atoms with E-state index in [1.807, 2.05) is 30.3 Å². The molecule has 2 rings (SSSR count). The van der Waals surface area contributed by atoms with Crippen LogP contribution in [0, 0.1) is 0 Å². The first kappa shape index (κ1) is 10.6. The van der Waals surface area contributed by atoms with E-state index in [1.165, 1.54) is 5.56 Å². The highest BCUT2D eigenvalue weighted by Crippen LogP contribution is 2.15. The van der Waals surface area contributed by atoms with Crippen molar-refractivity contribution in [2.45, 2.75) is 6.42 Å². The maximum atomic E-state index is 9.29. The lowest BCUT2D eigenvalue weighted by Gasteiger charge is -2.06. The molecule has 0 amide bonds. The van der Waals surface area contributed by atoms with Gasteiger partial charge in [0.05, 0.1) is 0 Å². The number of phenolic OH excluding ortho intramolecular Hbond substituents is 1. The second kappa shape index (κ2) is 5.21.